The van der Waals surface area contributed by atoms with Gasteiger partial charge in [0, 0.05) is 0 Å². The first-order valence-electron chi connectivity index (χ1n) is 9.31. The van der Waals surface area contributed by atoms with Crippen LogP contribution in [0.1, 0.15) is 118 Å². The van der Waals surface area contributed by atoms with Crippen molar-refractivity contribution in [2.75, 3.05) is 0 Å². The summed E-state index contributed by atoms with van der Waals surface area (Å²) in [6.07, 6.45) is 18.8. The molecule has 0 spiro atoms. The minimum atomic E-state index is 0.975. The van der Waals surface area contributed by atoms with Gasteiger partial charge in [-0.05, 0) is 5.92 Å². The molecule has 0 amide bonds. The molecule has 0 N–H and O–H groups in total. The molecule has 0 bridgehead atoms. The summed E-state index contributed by atoms with van der Waals surface area (Å²) in [6.45, 7) is 11.0. The van der Waals surface area contributed by atoms with Gasteiger partial charge in [-0.1, -0.05) is 118 Å². The van der Waals surface area contributed by atoms with Gasteiger partial charge in [0.2, 0.25) is 0 Å². The predicted molar refractivity (Wildman–Crippen MR) is 91.9 cm³/mol. The number of hydrogen-bond acceptors (Lipinski definition) is 0. The highest BCUT2D eigenvalue weighted by atomic mass is 14.1. The van der Waals surface area contributed by atoms with Crippen LogP contribution in [-0.2, 0) is 0 Å². The molecule has 0 heteroatoms. The Morgan fingerprint density at radius 3 is 1.21 bits per heavy atom. The lowest BCUT2D eigenvalue weighted by Gasteiger charge is -2.10. The highest BCUT2D eigenvalue weighted by Gasteiger charge is 2.01. The topological polar surface area (TPSA) is 0 Å². The molecule has 0 aliphatic carbocycles. The van der Waals surface area contributed by atoms with Crippen LogP contribution >= 0.6 is 0 Å². The van der Waals surface area contributed by atoms with Gasteiger partial charge in [-0.25, -0.2) is 0 Å². The molecule has 0 fully saturated rings. The van der Waals surface area contributed by atoms with Gasteiger partial charge in [0.05, 0.1) is 0 Å². The van der Waals surface area contributed by atoms with E-state index in [-0.39, 0.29) is 0 Å². The Kier molecular flexibility index (Phi) is 22.8. The van der Waals surface area contributed by atoms with Crippen LogP contribution in [0.15, 0.2) is 0 Å². The van der Waals surface area contributed by atoms with Crippen molar-refractivity contribution in [3.05, 3.63) is 0 Å². The minimum Gasteiger partial charge on any atom is -0.0683 e. The minimum absolute atomic E-state index is 0.975. The maximum atomic E-state index is 2.45. The highest BCUT2D eigenvalue weighted by Crippen LogP contribution is 2.18. The summed E-state index contributed by atoms with van der Waals surface area (Å²) in [5.41, 5.74) is 0. The van der Waals surface area contributed by atoms with Crippen LogP contribution in [0.5, 0.6) is 0 Å². The molecule has 1 unspecified atom stereocenters. The Labute approximate surface area is 124 Å². The van der Waals surface area contributed by atoms with Crippen molar-refractivity contribution in [2.24, 2.45) is 5.92 Å². The Morgan fingerprint density at radius 1 is 0.526 bits per heavy atom. The maximum Gasteiger partial charge on any atom is -0.0443 e. The first-order chi connectivity index (χ1) is 9.31. The summed E-state index contributed by atoms with van der Waals surface area (Å²) in [5.74, 6) is 0.975. The van der Waals surface area contributed by atoms with Crippen LogP contribution in [0.2, 0.25) is 0 Å². The molecule has 0 radical (unpaired) electrons. The molecule has 0 aromatic rings. The molecule has 0 aliphatic heterocycles. The van der Waals surface area contributed by atoms with Crippen LogP contribution in [0, 0.1) is 5.92 Å². The quantitative estimate of drug-likeness (QED) is 0.300. The van der Waals surface area contributed by atoms with Gasteiger partial charge in [-0.15, -0.1) is 0 Å². The van der Waals surface area contributed by atoms with Crippen LogP contribution in [0.3, 0.4) is 0 Å². The third-order valence-electron chi connectivity index (χ3n) is 3.85. The van der Waals surface area contributed by atoms with E-state index in [2.05, 4.69) is 20.8 Å². The Balaban J connectivity index is 0. The smallest absolute Gasteiger partial charge is 0.0443 e. The monoisotopic (exact) mass is 270 g/mol. The van der Waals surface area contributed by atoms with E-state index in [0.29, 0.717) is 0 Å². The number of hydrogen-bond donors (Lipinski definition) is 0. The predicted octanol–water partition coefficient (Wildman–Crippen LogP) is 7.76. The SMILES string of the molecule is CC.CCCCCCCCC(C)CCCCCCC. The summed E-state index contributed by atoms with van der Waals surface area (Å²) >= 11 is 0. The van der Waals surface area contributed by atoms with E-state index in [0.717, 1.165) is 5.92 Å². The normalized spacial score (nSPS) is 11.8. The lowest BCUT2D eigenvalue weighted by atomic mass is 9.96. The van der Waals surface area contributed by atoms with Crippen molar-refractivity contribution in [1.29, 1.82) is 0 Å². The highest BCUT2D eigenvalue weighted by molar-refractivity contribution is 4.55. The largest absolute Gasteiger partial charge is 0.0683 e. The van der Waals surface area contributed by atoms with Crippen LogP contribution in [0.25, 0.3) is 0 Å². The number of rotatable bonds is 13. The van der Waals surface area contributed by atoms with Crippen molar-refractivity contribution in [1.82, 2.24) is 0 Å². The average Bonchev–Trinajstić information content (AvgIpc) is 2.44. The maximum absolute atomic E-state index is 2.45. The summed E-state index contributed by atoms with van der Waals surface area (Å²) in [5, 5.41) is 0. The second-order valence-corrected chi connectivity index (χ2v) is 5.86. The van der Waals surface area contributed by atoms with Crippen molar-refractivity contribution >= 4 is 0 Å². The fourth-order valence-electron chi connectivity index (χ4n) is 2.51. The van der Waals surface area contributed by atoms with E-state index < -0.39 is 0 Å². The van der Waals surface area contributed by atoms with E-state index in [4.69, 9.17) is 0 Å². The first-order valence-corrected chi connectivity index (χ1v) is 9.31. The fraction of sp³-hybridized carbons (Fsp3) is 1.00. The zero-order valence-corrected chi connectivity index (χ0v) is 14.8. The molecular formula is C19H42. The van der Waals surface area contributed by atoms with Gasteiger partial charge in [-0.2, -0.15) is 0 Å². The van der Waals surface area contributed by atoms with Gasteiger partial charge in [0.25, 0.3) is 0 Å². The summed E-state index contributed by atoms with van der Waals surface area (Å²) in [4.78, 5) is 0. The molecule has 0 nitrogen and oxygen atoms in total. The molecule has 0 saturated heterocycles. The molecule has 0 rings (SSSR count). The lowest BCUT2D eigenvalue weighted by molar-refractivity contribution is 0.432. The third kappa shape index (κ3) is 20.5. The molecule has 0 aromatic carbocycles. The zero-order valence-electron chi connectivity index (χ0n) is 14.8. The van der Waals surface area contributed by atoms with Gasteiger partial charge in [-0.3, -0.25) is 0 Å². The molecular weight excluding hydrogens is 228 g/mol. The molecule has 0 aliphatic rings. The van der Waals surface area contributed by atoms with E-state index in [1.165, 1.54) is 83.5 Å². The van der Waals surface area contributed by atoms with E-state index in [9.17, 15) is 0 Å². The van der Waals surface area contributed by atoms with E-state index in [1.54, 1.807) is 0 Å². The van der Waals surface area contributed by atoms with Crippen molar-refractivity contribution in [3.63, 3.8) is 0 Å². The molecule has 0 saturated carbocycles. The van der Waals surface area contributed by atoms with Crippen molar-refractivity contribution in [2.45, 2.75) is 118 Å². The van der Waals surface area contributed by atoms with E-state index >= 15 is 0 Å². The van der Waals surface area contributed by atoms with Gasteiger partial charge in [0.15, 0.2) is 0 Å². The van der Waals surface area contributed by atoms with Gasteiger partial charge >= 0.3 is 0 Å². The second kappa shape index (κ2) is 20.3. The fourth-order valence-corrected chi connectivity index (χ4v) is 2.51. The van der Waals surface area contributed by atoms with Crippen LogP contribution in [-0.4, -0.2) is 0 Å². The first kappa shape index (κ1) is 21.3. The Hall–Kier alpha value is 0. The Morgan fingerprint density at radius 2 is 0.842 bits per heavy atom. The molecule has 19 heavy (non-hydrogen) atoms. The Bertz CT molecular complexity index is 128. The standard InChI is InChI=1S/C17H36.C2H6/c1-4-6-8-10-12-14-16-17(3)15-13-11-9-7-5-2;1-2/h17H,4-16H2,1-3H3;1-2H3. The molecule has 118 valence electrons. The second-order valence-electron chi connectivity index (χ2n) is 5.86. The van der Waals surface area contributed by atoms with Crippen molar-refractivity contribution in [3.8, 4) is 0 Å². The summed E-state index contributed by atoms with van der Waals surface area (Å²) in [6, 6.07) is 0. The molecule has 0 heterocycles. The van der Waals surface area contributed by atoms with Gasteiger partial charge < -0.3 is 0 Å². The lowest BCUT2D eigenvalue weighted by Crippen LogP contribution is -1.95. The van der Waals surface area contributed by atoms with Gasteiger partial charge in [0.1, 0.15) is 0 Å². The number of unbranched alkanes of at least 4 members (excludes halogenated alkanes) is 9. The summed E-state index contributed by atoms with van der Waals surface area (Å²) in [7, 11) is 0. The van der Waals surface area contributed by atoms with Crippen LogP contribution in [0.4, 0.5) is 0 Å². The van der Waals surface area contributed by atoms with E-state index in [1.807, 2.05) is 13.8 Å². The molecule has 0 aromatic heterocycles. The van der Waals surface area contributed by atoms with Crippen molar-refractivity contribution < 1.29 is 0 Å². The summed E-state index contributed by atoms with van der Waals surface area (Å²) < 4.78 is 0. The average molecular weight is 271 g/mol. The molecule has 1 atom stereocenters. The van der Waals surface area contributed by atoms with Crippen LogP contribution < -0.4 is 0 Å². The zero-order chi connectivity index (χ0) is 14.8. The third-order valence-corrected chi connectivity index (χ3v) is 3.85.